The standard InChI is InChI=1S/C26H26N2O2/c1-2-29-20-10-8-19(9-11-20)25-26-22(14-15-27-25)23-16-21(12-13-24(23)28-26)30-17-18-6-4-3-5-7-18/h3-13,16,25,27-28H,2,14-15,17H2,1H3. The molecule has 1 aliphatic rings. The Kier molecular flexibility index (Phi) is 5.16. The molecule has 0 radical (unpaired) electrons. The summed E-state index contributed by atoms with van der Waals surface area (Å²) in [5, 5.41) is 4.92. The second kappa shape index (κ2) is 8.25. The third kappa shape index (κ3) is 3.66. The lowest BCUT2D eigenvalue weighted by molar-refractivity contribution is 0.306. The van der Waals surface area contributed by atoms with Crippen molar-refractivity contribution in [3.05, 3.63) is 95.2 Å². The van der Waals surface area contributed by atoms with Crippen LogP contribution in [0.5, 0.6) is 11.5 Å². The molecule has 1 aromatic heterocycles. The van der Waals surface area contributed by atoms with E-state index in [0.29, 0.717) is 13.2 Å². The minimum Gasteiger partial charge on any atom is -0.494 e. The van der Waals surface area contributed by atoms with Gasteiger partial charge in [-0.15, -0.1) is 0 Å². The molecular weight excluding hydrogens is 372 g/mol. The Hall–Kier alpha value is -3.24. The maximum Gasteiger partial charge on any atom is 0.120 e. The van der Waals surface area contributed by atoms with Gasteiger partial charge in [-0.05, 0) is 60.4 Å². The van der Waals surface area contributed by atoms with Gasteiger partial charge in [0.2, 0.25) is 0 Å². The predicted molar refractivity (Wildman–Crippen MR) is 120 cm³/mol. The third-order valence-corrected chi connectivity index (χ3v) is 5.70. The quantitative estimate of drug-likeness (QED) is 0.458. The summed E-state index contributed by atoms with van der Waals surface area (Å²) >= 11 is 0. The normalized spacial score (nSPS) is 15.7. The summed E-state index contributed by atoms with van der Waals surface area (Å²) in [4.78, 5) is 3.66. The van der Waals surface area contributed by atoms with Crippen molar-refractivity contribution in [2.75, 3.05) is 13.2 Å². The lowest BCUT2D eigenvalue weighted by Crippen LogP contribution is -2.30. The Balaban J connectivity index is 1.43. The highest BCUT2D eigenvalue weighted by atomic mass is 16.5. The molecule has 30 heavy (non-hydrogen) atoms. The van der Waals surface area contributed by atoms with Crippen molar-refractivity contribution in [1.82, 2.24) is 10.3 Å². The molecule has 0 aliphatic carbocycles. The van der Waals surface area contributed by atoms with Gasteiger partial charge < -0.3 is 19.8 Å². The Labute approximate surface area is 176 Å². The average Bonchev–Trinajstić information content (AvgIpc) is 3.17. The number of benzene rings is 3. The first-order chi connectivity index (χ1) is 14.8. The molecule has 0 saturated carbocycles. The van der Waals surface area contributed by atoms with Crippen LogP contribution in [-0.2, 0) is 13.0 Å². The smallest absolute Gasteiger partial charge is 0.120 e. The van der Waals surface area contributed by atoms with Crippen LogP contribution >= 0.6 is 0 Å². The van der Waals surface area contributed by atoms with E-state index in [1.165, 1.54) is 27.8 Å². The zero-order chi connectivity index (χ0) is 20.3. The van der Waals surface area contributed by atoms with E-state index in [4.69, 9.17) is 9.47 Å². The van der Waals surface area contributed by atoms with Gasteiger partial charge in [-0.25, -0.2) is 0 Å². The molecule has 2 heterocycles. The molecule has 0 spiro atoms. The molecule has 1 atom stereocenters. The molecular formula is C26H26N2O2. The fraction of sp³-hybridized carbons (Fsp3) is 0.231. The van der Waals surface area contributed by atoms with Crippen LogP contribution in [0, 0.1) is 0 Å². The van der Waals surface area contributed by atoms with Gasteiger partial charge in [-0.2, -0.15) is 0 Å². The molecule has 2 N–H and O–H groups in total. The van der Waals surface area contributed by atoms with Crippen molar-refractivity contribution in [3.8, 4) is 11.5 Å². The Morgan fingerprint density at radius 2 is 1.70 bits per heavy atom. The molecule has 3 aromatic carbocycles. The van der Waals surface area contributed by atoms with Crippen molar-refractivity contribution >= 4 is 10.9 Å². The fourth-order valence-electron chi connectivity index (χ4n) is 4.25. The summed E-state index contributed by atoms with van der Waals surface area (Å²) in [5.41, 5.74) is 6.21. The molecule has 1 unspecified atom stereocenters. The molecule has 0 amide bonds. The van der Waals surface area contributed by atoms with E-state index < -0.39 is 0 Å². The van der Waals surface area contributed by atoms with Gasteiger partial charge in [-0.3, -0.25) is 0 Å². The summed E-state index contributed by atoms with van der Waals surface area (Å²) in [6.07, 6.45) is 1.00. The van der Waals surface area contributed by atoms with E-state index in [1.54, 1.807) is 0 Å². The SMILES string of the molecule is CCOc1ccc(C2NCCc3c2[nH]c2ccc(OCc4ccccc4)cc32)cc1. The minimum absolute atomic E-state index is 0.158. The summed E-state index contributed by atoms with van der Waals surface area (Å²) < 4.78 is 11.7. The molecule has 0 bridgehead atoms. The van der Waals surface area contributed by atoms with Crippen LogP contribution < -0.4 is 14.8 Å². The highest BCUT2D eigenvalue weighted by Gasteiger charge is 2.25. The summed E-state index contributed by atoms with van der Waals surface area (Å²) in [7, 11) is 0. The van der Waals surface area contributed by atoms with Crippen LogP contribution in [0.15, 0.2) is 72.8 Å². The number of hydrogen-bond donors (Lipinski definition) is 2. The van der Waals surface area contributed by atoms with Crippen LogP contribution in [0.1, 0.15) is 35.3 Å². The number of hydrogen-bond acceptors (Lipinski definition) is 3. The van der Waals surface area contributed by atoms with E-state index in [0.717, 1.165) is 30.0 Å². The monoisotopic (exact) mass is 398 g/mol. The Morgan fingerprint density at radius 1 is 0.900 bits per heavy atom. The fourth-order valence-corrected chi connectivity index (χ4v) is 4.25. The van der Waals surface area contributed by atoms with E-state index in [1.807, 2.05) is 43.3 Å². The van der Waals surface area contributed by atoms with E-state index in [-0.39, 0.29) is 6.04 Å². The number of H-pyrrole nitrogens is 1. The lowest BCUT2D eigenvalue weighted by Gasteiger charge is -2.25. The number of ether oxygens (including phenoxy) is 2. The summed E-state index contributed by atoms with van der Waals surface area (Å²) in [6.45, 7) is 4.22. The second-order valence-electron chi connectivity index (χ2n) is 7.64. The van der Waals surface area contributed by atoms with Crippen LogP contribution in [0.3, 0.4) is 0 Å². The largest absolute Gasteiger partial charge is 0.494 e. The van der Waals surface area contributed by atoms with E-state index >= 15 is 0 Å². The zero-order valence-corrected chi connectivity index (χ0v) is 17.2. The maximum atomic E-state index is 6.06. The number of fused-ring (bicyclic) bond motifs is 3. The van der Waals surface area contributed by atoms with Gasteiger partial charge in [0.25, 0.3) is 0 Å². The second-order valence-corrected chi connectivity index (χ2v) is 7.64. The molecule has 4 aromatic rings. The average molecular weight is 399 g/mol. The van der Waals surface area contributed by atoms with Gasteiger partial charge in [-0.1, -0.05) is 42.5 Å². The first kappa shape index (κ1) is 18.8. The minimum atomic E-state index is 0.158. The molecule has 4 nitrogen and oxygen atoms in total. The Bertz CT molecular complexity index is 1130. The summed E-state index contributed by atoms with van der Waals surface area (Å²) in [6, 6.07) is 25.2. The lowest BCUT2D eigenvalue weighted by atomic mass is 9.94. The molecule has 0 saturated heterocycles. The first-order valence-corrected chi connectivity index (χ1v) is 10.6. The molecule has 5 rings (SSSR count). The molecule has 152 valence electrons. The van der Waals surface area contributed by atoms with E-state index in [9.17, 15) is 0 Å². The van der Waals surface area contributed by atoms with Crippen molar-refractivity contribution < 1.29 is 9.47 Å². The third-order valence-electron chi connectivity index (χ3n) is 5.70. The number of aromatic amines is 1. The van der Waals surface area contributed by atoms with Gasteiger partial charge in [0.1, 0.15) is 18.1 Å². The van der Waals surface area contributed by atoms with E-state index in [2.05, 4.69) is 46.7 Å². The predicted octanol–water partition coefficient (Wildman–Crippen LogP) is 5.38. The number of aromatic nitrogens is 1. The zero-order valence-electron chi connectivity index (χ0n) is 17.2. The van der Waals surface area contributed by atoms with Crippen molar-refractivity contribution in [1.29, 1.82) is 0 Å². The first-order valence-electron chi connectivity index (χ1n) is 10.6. The molecule has 1 aliphatic heterocycles. The van der Waals surface area contributed by atoms with Gasteiger partial charge in [0, 0.05) is 23.1 Å². The van der Waals surface area contributed by atoms with Crippen molar-refractivity contribution in [2.45, 2.75) is 26.0 Å². The maximum absolute atomic E-state index is 6.06. The van der Waals surface area contributed by atoms with Crippen LogP contribution in [0.2, 0.25) is 0 Å². The van der Waals surface area contributed by atoms with Crippen molar-refractivity contribution in [3.63, 3.8) is 0 Å². The van der Waals surface area contributed by atoms with Gasteiger partial charge in [0.05, 0.1) is 12.6 Å². The Morgan fingerprint density at radius 3 is 2.50 bits per heavy atom. The highest BCUT2D eigenvalue weighted by molar-refractivity contribution is 5.86. The van der Waals surface area contributed by atoms with Gasteiger partial charge in [0.15, 0.2) is 0 Å². The van der Waals surface area contributed by atoms with Crippen LogP contribution in [0.4, 0.5) is 0 Å². The molecule has 4 heteroatoms. The van der Waals surface area contributed by atoms with Crippen molar-refractivity contribution in [2.24, 2.45) is 0 Å². The van der Waals surface area contributed by atoms with Gasteiger partial charge >= 0.3 is 0 Å². The van der Waals surface area contributed by atoms with Crippen LogP contribution in [-0.4, -0.2) is 18.1 Å². The number of nitrogens with one attached hydrogen (secondary N) is 2. The highest BCUT2D eigenvalue weighted by Crippen LogP contribution is 2.35. The topological polar surface area (TPSA) is 46.3 Å². The van der Waals surface area contributed by atoms with Crippen LogP contribution in [0.25, 0.3) is 10.9 Å². The molecule has 0 fully saturated rings. The summed E-state index contributed by atoms with van der Waals surface area (Å²) in [5.74, 6) is 1.82. The number of rotatable bonds is 6.